The van der Waals surface area contributed by atoms with E-state index in [4.69, 9.17) is 26.9 Å². The summed E-state index contributed by atoms with van der Waals surface area (Å²) in [7, 11) is 0. The van der Waals surface area contributed by atoms with Gasteiger partial charge in [0, 0.05) is 0 Å². The highest BCUT2D eigenvalue weighted by Gasteiger charge is 2.56. The first-order valence-corrected chi connectivity index (χ1v) is 3.99. The van der Waals surface area contributed by atoms with Gasteiger partial charge in [-0.2, -0.15) is 8.78 Å². The molecule has 1 fully saturated rings. The van der Waals surface area contributed by atoms with Gasteiger partial charge in [-0.1, -0.05) is 11.6 Å². The van der Waals surface area contributed by atoms with Crippen molar-refractivity contribution in [2.24, 2.45) is 0 Å². The van der Waals surface area contributed by atoms with E-state index in [-0.39, 0.29) is 0 Å². The molecule has 7 heteroatoms. The third kappa shape index (κ3) is 1.77. The molecule has 0 aromatic carbocycles. The van der Waals surface area contributed by atoms with Gasteiger partial charge in [0.15, 0.2) is 5.56 Å². The maximum absolute atomic E-state index is 12.8. The third-order valence-electron chi connectivity index (χ3n) is 1.88. The van der Waals surface area contributed by atoms with Gasteiger partial charge in [0.1, 0.15) is 18.3 Å². The Morgan fingerprint density at radius 2 is 1.92 bits per heavy atom. The van der Waals surface area contributed by atoms with Crippen molar-refractivity contribution in [3.63, 3.8) is 0 Å². The van der Waals surface area contributed by atoms with Crippen molar-refractivity contribution in [2.45, 2.75) is 29.8 Å². The zero-order chi connectivity index (χ0) is 10.2. The summed E-state index contributed by atoms with van der Waals surface area (Å²) in [4.78, 5) is 0. The van der Waals surface area contributed by atoms with E-state index in [9.17, 15) is 8.78 Å². The Hall–Kier alpha value is -0.0100. The van der Waals surface area contributed by atoms with Gasteiger partial charge in [-0.15, -0.1) is 0 Å². The molecule has 1 heterocycles. The number of aliphatic hydroxyl groups is 3. The smallest absolute Gasteiger partial charge is 0.315 e. The van der Waals surface area contributed by atoms with Gasteiger partial charge in [-0.05, 0) is 0 Å². The van der Waals surface area contributed by atoms with Gasteiger partial charge >= 0.3 is 5.92 Å². The van der Waals surface area contributed by atoms with E-state index in [0.717, 1.165) is 0 Å². The summed E-state index contributed by atoms with van der Waals surface area (Å²) in [6.07, 6.45) is -5.44. The van der Waals surface area contributed by atoms with Crippen molar-refractivity contribution in [1.29, 1.82) is 0 Å². The molecule has 0 bridgehead atoms. The molecule has 0 amide bonds. The topological polar surface area (TPSA) is 69.9 Å². The van der Waals surface area contributed by atoms with Gasteiger partial charge in [-0.3, -0.25) is 0 Å². The minimum Gasteiger partial charge on any atom is -0.394 e. The fraction of sp³-hybridized carbons (Fsp3) is 1.00. The second-order valence-electron chi connectivity index (χ2n) is 2.78. The molecule has 0 aliphatic carbocycles. The Morgan fingerprint density at radius 3 is 2.38 bits per heavy atom. The molecule has 1 aliphatic heterocycles. The number of halogens is 3. The number of ether oxygens (including phenoxy) is 1. The highest BCUT2D eigenvalue weighted by molar-refractivity contribution is 6.20. The van der Waals surface area contributed by atoms with Crippen molar-refractivity contribution in [1.82, 2.24) is 0 Å². The summed E-state index contributed by atoms with van der Waals surface area (Å²) in [6.45, 7) is -0.683. The molecular weight excluding hydrogens is 210 g/mol. The average Bonchev–Trinajstić information content (AvgIpc) is 2.09. The molecular formula is C6H9ClF2O4. The van der Waals surface area contributed by atoms with Crippen LogP contribution in [0.2, 0.25) is 0 Å². The van der Waals surface area contributed by atoms with Crippen LogP contribution < -0.4 is 0 Å². The van der Waals surface area contributed by atoms with Gasteiger partial charge < -0.3 is 20.1 Å². The van der Waals surface area contributed by atoms with Crippen LogP contribution in [0.1, 0.15) is 0 Å². The Balaban J connectivity index is 2.79. The summed E-state index contributed by atoms with van der Waals surface area (Å²) in [5.41, 5.74) is -2.04. The highest BCUT2D eigenvalue weighted by atomic mass is 35.5. The number of alkyl halides is 3. The third-order valence-corrected chi connectivity index (χ3v) is 2.27. The minimum absolute atomic E-state index is 0.683. The zero-order valence-corrected chi connectivity index (χ0v) is 7.16. The second-order valence-corrected chi connectivity index (χ2v) is 3.18. The lowest BCUT2D eigenvalue weighted by molar-refractivity contribution is -0.271. The predicted molar refractivity (Wildman–Crippen MR) is 38.6 cm³/mol. The van der Waals surface area contributed by atoms with E-state index in [1.165, 1.54) is 0 Å². The maximum Gasteiger partial charge on any atom is 0.315 e. The molecule has 0 unspecified atom stereocenters. The van der Waals surface area contributed by atoms with E-state index in [0.29, 0.717) is 0 Å². The van der Waals surface area contributed by atoms with Crippen molar-refractivity contribution < 1.29 is 28.8 Å². The molecule has 3 N–H and O–H groups in total. The molecule has 0 spiro atoms. The van der Waals surface area contributed by atoms with Crippen LogP contribution in [0.15, 0.2) is 0 Å². The molecule has 1 rings (SSSR count). The zero-order valence-electron chi connectivity index (χ0n) is 6.40. The SMILES string of the molecule is OC[C@H]1O[C@H](Cl)C(F)(F)[C@@H](O)[C@@H]1O. The van der Waals surface area contributed by atoms with E-state index in [1.54, 1.807) is 0 Å². The predicted octanol–water partition coefficient (Wildman–Crippen LogP) is -0.701. The first kappa shape index (κ1) is 11.1. The summed E-state index contributed by atoms with van der Waals surface area (Å²) < 4.78 is 30.0. The first-order valence-electron chi connectivity index (χ1n) is 3.55. The van der Waals surface area contributed by atoms with E-state index in [2.05, 4.69) is 4.74 Å². The molecule has 4 atom stereocenters. The molecule has 1 aliphatic rings. The van der Waals surface area contributed by atoms with Crippen LogP contribution in [0.5, 0.6) is 0 Å². The van der Waals surface area contributed by atoms with Crippen LogP contribution in [0, 0.1) is 0 Å². The molecule has 4 nitrogen and oxygen atoms in total. The number of rotatable bonds is 1. The van der Waals surface area contributed by atoms with Crippen LogP contribution in [-0.2, 0) is 4.74 Å². The molecule has 0 aromatic heterocycles. The van der Waals surface area contributed by atoms with Crippen LogP contribution in [0.3, 0.4) is 0 Å². The van der Waals surface area contributed by atoms with Gasteiger partial charge in [-0.25, -0.2) is 0 Å². The average molecular weight is 219 g/mol. The van der Waals surface area contributed by atoms with Crippen molar-refractivity contribution in [3.8, 4) is 0 Å². The lowest BCUT2D eigenvalue weighted by Gasteiger charge is -2.39. The molecule has 78 valence electrons. The van der Waals surface area contributed by atoms with Crippen LogP contribution in [-0.4, -0.2) is 51.7 Å². The van der Waals surface area contributed by atoms with Crippen LogP contribution in [0.4, 0.5) is 8.78 Å². The fourth-order valence-electron chi connectivity index (χ4n) is 1.04. The minimum atomic E-state index is -3.72. The summed E-state index contributed by atoms with van der Waals surface area (Å²) >= 11 is 5.09. The normalized spacial score (nSPS) is 44.8. The van der Waals surface area contributed by atoms with Gasteiger partial charge in [0.25, 0.3) is 0 Å². The van der Waals surface area contributed by atoms with Gasteiger partial charge in [0.2, 0.25) is 0 Å². The van der Waals surface area contributed by atoms with E-state index in [1.807, 2.05) is 0 Å². The number of hydrogen-bond acceptors (Lipinski definition) is 4. The van der Waals surface area contributed by atoms with E-state index < -0.39 is 36.4 Å². The lowest BCUT2D eigenvalue weighted by Crippen LogP contribution is -2.60. The summed E-state index contributed by atoms with van der Waals surface area (Å²) in [6, 6.07) is 0. The number of hydrogen-bond donors (Lipinski definition) is 3. The number of aliphatic hydroxyl groups excluding tert-OH is 3. The fourth-order valence-corrected chi connectivity index (χ4v) is 1.30. The standard InChI is InChI=1S/C6H9ClF2O4/c7-5-6(8,9)4(12)3(11)2(1-10)13-5/h2-5,10-12H,1H2/t2-,3-,4+,5+/m1/s1. The molecule has 13 heavy (non-hydrogen) atoms. The molecule has 0 radical (unpaired) electrons. The molecule has 1 saturated heterocycles. The molecule has 0 saturated carbocycles. The summed E-state index contributed by atoms with van der Waals surface area (Å²) in [5, 5.41) is 26.5. The lowest BCUT2D eigenvalue weighted by atomic mass is 10.00. The van der Waals surface area contributed by atoms with E-state index >= 15 is 0 Å². The van der Waals surface area contributed by atoms with Crippen molar-refractivity contribution in [2.75, 3.05) is 6.61 Å². The Bertz CT molecular complexity index is 191. The Kier molecular flexibility index (Phi) is 3.09. The summed E-state index contributed by atoms with van der Waals surface area (Å²) in [5.74, 6) is -3.72. The Labute approximate surface area is 77.7 Å². The largest absolute Gasteiger partial charge is 0.394 e. The quantitative estimate of drug-likeness (QED) is 0.509. The van der Waals surface area contributed by atoms with Crippen molar-refractivity contribution in [3.05, 3.63) is 0 Å². The van der Waals surface area contributed by atoms with Crippen molar-refractivity contribution >= 4 is 11.6 Å². The van der Waals surface area contributed by atoms with Crippen LogP contribution in [0.25, 0.3) is 0 Å². The first-order chi connectivity index (χ1) is 5.91. The van der Waals surface area contributed by atoms with Crippen LogP contribution >= 0.6 is 11.6 Å². The highest BCUT2D eigenvalue weighted by Crippen LogP contribution is 2.36. The monoisotopic (exact) mass is 218 g/mol. The maximum atomic E-state index is 12.8. The van der Waals surface area contributed by atoms with Gasteiger partial charge in [0.05, 0.1) is 6.61 Å². The molecule has 0 aromatic rings. The Morgan fingerprint density at radius 1 is 1.38 bits per heavy atom. The second kappa shape index (κ2) is 3.62.